The van der Waals surface area contributed by atoms with Crippen LogP contribution in [0.4, 0.5) is 0 Å². The fourth-order valence-corrected chi connectivity index (χ4v) is 4.12. The van der Waals surface area contributed by atoms with Crippen LogP contribution in [-0.2, 0) is 19.6 Å². The summed E-state index contributed by atoms with van der Waals surface area (Å²) in [6.45, 7) is 2.03. The highest BCUT2D eigenvalue weighted by Crippen LogP contribution is 2.25. The van der Waals surface area contributed by atoms with E-state index in [2.05, 4.69) is 25.4 Å². The van der Waals surface area contributed by atoms with Gasteiger partial charge in [-0.15, -0.1) is 11.3 Å². The number of hydrogen-bond acceptors (Lipinski definition) is 5. The van der Waals surface area contributed by atoms with Crippen LogP contribution < -0.4 is 4.72 Å². The Bertz CT molecular complexity index is 483. The lowest BCUT2D eigenvalue weighted by Gasteiger charge is -2.04. The van der Waals surface area contributed by atoms with Gasteiger partial charge in [0.15, 0.2) is 0 Å². The molecule has 0 radical (unpaired) electrons. The number of rotatable bonds is 6. The zero-order chi connectivity index (χ0) is 12.9. The van der Waals surface area contributed by atoms with E-state index in [9.17, 15) is 13.2 Å². The first-order chi connectivity index (χ1) is 7.95. The standard InChI is InChI=1S/C9H12BrNO4S2/c1-2-15-8(12)5-6-11-17(13,14)9-4-3-7(10)16-9/h3-4,11H,2,5-6H2,1H3. The van der Waals surface area contributed by atoms with Crippen molar-refractivity contribution >= 4 is 43.3 Å². The quantitative estimate of drug-likeness (QED) is 0.800. The first kappa shape index (κ1) is 14.6. The third kappa shape index (κ3) is 4.74. The Morgan fingerprint density at radius 3 is 2.76 bits per heavy atom. The Hall–Kier alpha value is -0.440. The summed E-state index contributed by atoms with van der Waals surface area (Å²) in [5, 5.41) is 0. The van der Waals surface area contributed by atoms with Crippen molar-refractivity contribution in [3.8, 4) is 0 Å². The van der Waals surface area contributed by atoms with Crippen molar-refractivity contribution in [2.45, 2.75) is 17.6 Å². The van der Waals surface area contributed by atoms with Crippen LogP contribution in [0.1, 0.15) is 13.3 Å². The molecule has 0 aliphatic rings. The van der Waals surface area contributed by atoms with Gasteiger partial charge in [0.25, 0.3) is 0 Å². The molecule has 0 aliphatic carbocycles. The summed E-state index contributed by atoms with van der Waals surface area (Å²) >= 11 is 4.30. The van der Waals surface area contributed by atoms with Crippen LogP contribution in [0.3, 0.4) is 0 Å². The highest BCUT2D eigenvalue weighted by molar-refractivity contribution is 9.11. The lowest BCUT2D eigenvalue weighted by Crippen LogP contribution is -2.26. The van der Waals surface area contributed by atoms with E-state index in [0.717, 1.165) is 15.1 Å². The minimum absolute atomic E-state index is 0.0274. The van der Waals surface area contributed by atoms with Crippen LogP contribution in [-0.4, -0.2) is 27.5 Å². The number of esters is 1. The molecule has 0 spiro atoms. The van der Waals surface area contributed by atoms with E-state index in [1.165, 1.54) is 6.07 Å². The van der Waals surface area contributed by atoms with Crippen LogP contribution in [0.5, 0.6) is 0 Å². The fraction of sp³-hybridized carbons (Fsp3) is 0.444. The van der Waals surface area contributed by atoms with Gasteiger partial charge >= 0.3 is 5.97 Å². The van der Waals surface area contributed by atoms with Gasteiger partial charge in [0.2, 0.25) is 10.0 Å². The van der Waals surface area contributed by atoms with E-state index < -0.39 is 16.0 Å². The van der Waals surface area contributed by atoms with Crippen LogP contribution in [0.2, 0.25) is 0 Å². The highest BCUT2D eigenvalue weighted by atomic mass is 79.9. The maximum atomic E-state index is 11.7. The normalized spacial score (nSPS) is 11.4. The number of thiophene rings is 1. The van der Waals surface area contributed by atoms with Crippen molar-refractivity contribution in [1.29, 1.82) is 0 Å². The summed E-state index contributed by atoms with van der Waals surface area (Å²) in [7, 11) is -3.52. The molecule has 1 heterocycles. The monoisotopic (exact) mass is 341 g/mol. The third-order valence-electron chi connectivity index (χ3n) is 1.74. The first-order valence-corrected chi connectivity index (χ1v) is 7.95. The van der Waals surface area contributed by atoms with Gasteiger partial charge in [-0.25, -0.2) is 13.1 Å². The van der Waals surface area contributed by atoms with Gasteiger partial charge in [0.05, 0.1) is 16.8 Å². The van der Waals surface area contributed by atoms with E-state index in [1.54, 1.807) is 13.0 Å². The van der Waals surface area contributed by atoms with Crippen molar-refractivity contribution in [2.24, 2.45) is 0 Å². The zero-order valence-electron chi connectivity index (χ0n) is 9.10. The molecule has 1 rings (SSSR count). The number of halogens is 1. The average molecular weight is 342 g/mol. The summed E-state index contributed by atoms with van der Waals surface area (Å²) < 4.78 is 31.4. The van der Waals surface area contributed by atoms with Crippen molar-refractivity contribution in [2.75, 3.05) is 13.2 Å². The average Bonchev–Trinajstić information content (AvgIpc) is 2.65. The smallest absolute Gasteiger partial charge is 0.307 e. The molecule has 1 N–H and O–H groups in total. The topological polar surface area (TPSA) is 72.5 Å². The molecule has 0 saturated heterocycles. The number of hydrogen-bond donors (Lipinski definition) is 1. The number of nitrogens with one attached hydrogen (secondary N) is 1. The van der Waals surface area contributed by atoms with E-state index in [4.69, 9.17) is 0 Å². The predicted molar refractivity (Wildman–Crippen MR) is 68.5 cm³/mol. The lowest BCUT2D eigenvalue weighted by atomic mass is 10.4. The Kier molecular flexibility index (Phi) is 5.57. The molecule has 0 amide bonds. The second-order valence-electron chi connectivity index (χ2n) is 3.01. The second-order valence-corrected chi connectivity index (χ2v) is 7.47. The summed E-state index contributed by atoms with van der Waals surface area (Å²) in [6, 6.07) is 3.16. The number of ether oxygens (including phenoxy) is 1. The molecule has 0 fully saturated rings. The van der Waals surface area contributed by atoms with E-state index in [0.29, 0.717) is 6.61 Å². The van der Waals surface area contributed by atoms with Gasteiger partial charge in [-0.05, 0) is 35.0 Å². The molecule has 1 aromatic rings. The molecule has 0 aromatic carbocycles. The zero-order valence-corrected chi connectivity index (χ0v) is 12.3. The van der Waals surface area contributed by atoms with Crippen LogP contribution in [0.25, 0.3) is 0 Å². The molecule has 0 atom stereocenters. The number of sulfonamides is 1. The minimum atomic E-state index is -3.52. The minimum Gasteiger partial charge on any atom is -0.466 e. The third-order valence-corrected chi connectivity index (χ3v) is 5.32. The number of carbonyl (C=O) groups excluding carboxylic acids is 1. The maximum absolute atomic E-state index is 11.7. The molecule has 17 heavy (non-hydrogen) atoms. The number of carbonyl (C=O) groups is 1. The summed E-state index contributed by atoms with van der Waals surface area (Å²) in [5.74, 6) is -0.414. The van der Waals surface area contributed by atoms with Gasteiger partial charge < -0.3 is 4.74 Å². The first-order valence-electron chi connectivity index (χ1n) is 4.86. The van der Waals surface area contributed by atoms with Crippen LogP contribution >= 0.6 is 27.3 Å². The maximum Gasteiger partial charge on any atom is 0.307 e. The predicted octanol–water partition coefficient (Wildman–Crippen LogP) is 1.74. The molecule has 0 saturated carbocycles. The molecule has 1 aromatic heterocycles. The van der Waals surface area contributed by atoms with Crippen molar-refractivity contribution in [3.63, 3.8) is 0 Å². The van der Waals surface area contributed by atoms with Gasteiger partial charge in [0.1, 0.15) is 4.21 Å². The summed E-state index contributed by atoms with van der Waals surface area (Å²) in [4.78, 5) is 11.0. The Morgan fingerprint density at radius 1 is 1.53 bits per heavy atom. The van der Waals surface area contributed by atoms with Crippen molar-refractivity contribution in [3.05, 3.63) is 15.9 Å². The molecule has 0 unspecified atom stereocenters. The Morgan fingerprint density at radius 2 is 2.24 bits per heavy atom. The molecule has 96 valence electrons. The molecule has 0 aliphatic heterocycles. The Labute approximate surface area is 112 Å². The van der Waals surface area contributed by atoms with Gasteiger partial charge in [-0.1, -0.05) is 0 Å². The molecule has 0 bridgehead atoms. The Balaban J connectivity index is 2.49. The molecule has 8 heteroatoms. The van der Waals surface area contributed by atoms with E-state index in [1.807, 2.05) is 0 Å². The van der Waals surface area contributed by atoms with Gasteiger partial charge in [-0.2, -0.15) is 0 Å². The van der Waals surface area contributed by atoms with Crippen LogP contribution in [0.15, 0.2) is 20.1 Å². The highest BCUT2D eigenvalue weighted by Gasteiger charge is 2.16. The summed E-state index contributed by atoms with van der Waals surface area (Å²) in [5.41, 5.74) is 0. The van der Waals surface area contributed by atoms with Crippen molar-refractivity contribution < 1.29 is 17.9 Å². The molecular weight excluding hydrogens is 330 g/mol. The molecule has 5 nitrogen and oxygen atoms in total. The lowest BCUT2D eigenvalue weighted by molar-refractivity contribution is -0.142. The second kappa shape index (κ2) is 6.48. The van der Waals surface area contributed by atoms with Crippen molar-refractivity contribution in [1.82, 2.24) is 4.72 Å². The van der Waals surface area contributed by atoms with E-state index >= 15 is 0 Å². The summed E-state index contributed by atoms with van der Waals surface area (Å²) in [6.07, 6.45) is 0.0274. The van der Waals surface area contributed by atoms with Gasteiger partial charge in [0, 0.05) is 6.54 Å². The van der Waals surface area contributed by atoms with E-state index in [-0.39, 0.29) is 17.2 Å². The molecular formula is C9H12BrNO4S2. The van der Waals surface area contributed by atoms with Crippen LogP contribution in [0, 0.1) is 0 Å². The largest absolute Gasteiger partial charge is 0.466 e. The van der Waals surface area contributed by atoms with Gasteiger partial charge in [-0.3, -0.25) is 4.79 Å². The SMILES string of the molecule is CCOC(=O)CCNS(=O)(=O)c1ccc(Br)s1. The fourth-order valence-electron chi connectivity index (χ4n) is 1.03.